The molecule has 2 rings (SSSR count). The van der Waals surface area contributed by atoms with Crippen LogP contribution in [0.15, 0.2) is 64.6 Å². The van der Waals surface area contributed by atoms with Gasteiger partial charge >= 0.3 is 0 Å². The van der Waals surface area contributed by atoms with Gasteiger partial charge in [0.25, 0.3) is 0 Å². The fourth-order valence-electron chi connectivity index (χ4n) is 5.57. The molecule has 43 heavy (non-hydrogen) atoms. The summed E-state index contributed by atoms with van der Waals surface area (Å²) in [5.74, 6) is 6.82. The summed E-state index contributed by atoms with van der Waals surface area (Å²) in [6.07, 6.45) is 33.1. The third-order valence-electron chi connectivity index (χ3n) is 8.22. The predicted molar refractivity (Wildman–Crippen MR) is 193 cm³/mol. The molecule has 0 amide bonds. The molecule has 0 aliphatic rings. The average Bonchev–Trinajstić information content (AvgIpc) is 3.03. The van der Waals surface area contributed by atoms with E-state index in [0.717, 1.165) is 42.8 Å². The Morgan fingerprint density at radius 1 is 0.558 bits per heavy atom. The fraction of sp³-hybridized carbons (Fsp3) is 0.610. The van der Waals surface area contributed by atoms with Crippen molar-refractivity contribution in [2.24, 2.45) is 9.98 Å². The zero-order valence-corrected chi connectivity index (χ0v) is 27.9. The largest absolute Gasteiger partial charge is 0.255 e. The number of hydrogen-bond donors (Lipinski definition) is 0. The molecule has 0 fully saturated rings. The summed E-state index contributed by atoms with van der Waals surface area (Å²) in [6, 6.07) is 18.5. The van der Waals surface area contributed by atoms with Crippen molar-refractivity contribution in [3.8, 4) is 11.8 Å². The molecule has 0 atom stereocenters. The molecule has 0 aliphatic carbocycles. The van der Waals surface area contributed by atoms with Crippen LogP contribution in [-0.4, -0.2) is 11.9 Å². The Morgan fingerprint density at radius 2 is 1.02 bits per heavy atom. The molecule has 0 heterocycles. The van der Waals surface area contributed by atoms with Crippen LogP contribution in [-0.2, 0) is 6.42 Å². The van der Waals surface area contributed by atoms with Gasteiger partial charge < -0.3 is 0 Å². The van der Waals surface area contributed by atoms with E-state index in [4.69, 9.17) is 4.99 Å². The third kappa shape index (κ3) is 20.8. The van der Waals surface area contributed by atoms with Crippen LogP contribution in [0.1, 0.15) is 161 Å². The summed E-state index contributed by atoms with van der Waals surface area (Å²) in [4.78, 5) is 9.34. The molecule has 0 aromatic heterocycles. The quantitative estimate of drug-likeness (QED) is 0.0632. The number of aliphatic imine (C=N–C) groups is 2. The van der Waals surface area contributed by atoms with E-state index in [1.165, 1.54) is 128 Å². The molecular formula is C41H62N2. The van der Waals surface area contributed by atoms with E-state index in [1.807, 2.05) is 43.5 Å². The van der Waals surface area contributed by atoms with Gasteiger partial charge in [-0.2, -0.15) is 0 Å². The second-order valence-corrected chi connectivity index (χ2v) is 12.3. The molecule has 0 N–H and O–H groups in total. The molecular weight excluding hydrogens is 520 g/mol. The van der Waals surface area contributed by atoms with Crippen LogP contribution < -0.4 is 0 Å². The zero-order chi connectivity index (χ0) is 30.5. The lowest BCUT2D eigenvalue weighted by Crippen LogP contribution is -1.93. The van der Waals surface area contributed by atoms with Crippen molar-refractivity contribution in [3.05, 3.63) is 60.2 Å². The third-order valence-corrected chi connectivity index (χ3v) is 8.22. The highest BCUT2D eigenvalue weighted by Gasteiger charge is 2.01. The molecule has 2 heteroatoms. The smallest absolute Gasteiger partial charge is 0.0665 e. The molecule has 0 radical (unpaired) electrons. The second kappa shape index (κ2) is 26.9. The first-order chi connectivity index (χ1) is 21.3. The second-order valence-electron chi connectivity index (χ2n) is 12.3. The maximum Gasteiger partial charge on any atom is 0.0665 e. The Morgan fingerprint density at radius 3 is 1.58 bits per heavy atom. The molecule has 0 saturated carbocycles. The zero-order valence-electron chi connectivity index (χ0n) is 27.9. The maximum atomic E-state index is 4.82. The van der Waals surface area contributed by atoms with Crippen molar-refractivity contribution in [2.45, 2.75) is 162 Å². The van der Waals surface area contributed by atoms with Crippen LogP contribution in [0, 0.1) is 11.8 Å². The van der Waals surface area contributed by atoms with Crippen molar-refractivity contribution in [2.75, 3.05) is 0 Å². The van der Waals surface area contributed by atoms with Crippen molar-refractivity contribution in [1.29, 1.82) is 0 Å². The number of rotatable bonds is 25. The van der Waals surface area contributed by atoms with E-state index in [0.29, 0.717) is 0 Å². The van der Waals surface area contributed by atoms with Gasteiger partial charge in [-0.15, -0.1) is 11.8 Å². The molecule has 0 saturated heterocycles. The van der Waals surface area contributed by atoms with Crippen molar-refractivity contribution >= 4 is 23.3 Å². The lowest BCUT2D eigenvalue weighted by atomic mass is 10.0. The lowest BCUT2D eigenvalue weighted by Gasteiger charge is -2.05. The number of hydrogen-bond acceptors (Lipinski definition) is 2. The monoisotopic (exact) mass is 582 g/mol. The van der Waals surface area contributed by atoms with Crippen molar-refractivity contribution in [3.63, 3.8) is 0 Å². The maximum absolute atomic E-state index is 4.82. The van der Waals surface area contributed by atoms with Crippen LogP contribution in [0.2, 0.25) is 0 Å². The Bertz CT molecular complexity index is 1040. The minimum absolute atomic E-state index is 0.913. The van der Waals surface area contributed by atoms with Gasteiger partial charge in [-0.25, -0.2) is 0 Å². The molecule has 0 bridgehead atoms. The van der Waals surface area contributed by atoms with Crippen LogP contribution in [0.5, 0.6) is 0 Å². The van der Waals surface area contributed by atoms with E-state index in [2.05, 4.69) is 48.0 Å². The Labute approximate surface area is 266 Å². The standard InChI is InChI=1S/C41H62N2/c1-3-4-5-6-7-8-9-10-11-12-13-14-15-16-17-18-19-20-21-22-23-24-25-27-32-39-33-30-31-36-41(39)43-38(2)37-42-40-34-28-26-29-35-40/h26,28-31,33-37H,3-22,25,27,32H2,1-2H3. The van der Waals surface area contributed by atoms with E-state index >= 15 is 0 Å². The minimum atomic E-state index is 0.913. The first kappa shape index (κ1) is 36.5. The number of benzene rings is 2. The SMILES string of the molecule is CCCCCCCCCCCCCCCCCCCCCC#CCCCc1ccccc1N=C(C)C=Nc1ccccc1. The first-order valence-corrected chi connectivity index (χ1v) is 18.0. The van der Waals surface area contributed by atoms with Crippen LogP contribution in [0.4, 0.5) is 11.4 Å². The summed E-state index contributed by atoms with van der Waals surface area (Å²) in [5, 5.41) is 0. The number of aryl methyl sites for hydroxylation is 1. The fourth-order valence-corrected chi connectivity index (χ4v) is 5.57. The predicted octanol–water partition coefficient (Wildman–Crippen LogP) is 13.3. The van der Waals surface area contributed by atoms with Gasteiger partial charge in [-0.3, -0.25) is 9.98 Å². The van der Waals surface area contributed by atoms with Crippen LogP contribution in [0.25, 0.3) is 0 Å². The molecule has 0 unspecified atom stereocenters. The van der Waals surface area contributed by atoms with Gasteiger partial charge in [0.2, 0.25) is 0 Å². The molecule has 2 nitrogen and oxygen atoms in total. The highest BCUT2D eigenvalue weighted by atomic mass is 14.8. The first-order valence-electron chi connectivity index (χ1n) is 18.0. The Hall–Kier alpha value is -2.66. The Balaban J connectivity index is 1.40. The highest BCUT2D eigenvalue weighted by Crippen LogP contribution is 2.21. The van der Waals surface area contributed by atoms with Crippen LogP contribution in [0.3, 0.4) is 0 Å². The van der Waals surface area contributed by atoms with Crippen LogP contribution >= 0.6 is 0 Å². The molecule has 0 aliphatic heterocycles. The minimum Gasteiger partial charge on any atom is -0.255 e. The highest BCUT2D eigenvalue weighted by molar-refractivity contribution is 6.30. The lowest BCUT2D eigenvalue weighted by molar-refractivity contribution is 0.524. The summed E-state index contributed by atoms with van der Waals surface area (Å²) < 4.78 is 0. The number of nitrogens with zero attached hydrogens (tertiary/aromatic N) is 2. The normalized spacial score (nSPS) is 11.6. The van der Waals surface area contributed by atoms with E-state index in [1.54, 1.807) is 0 Å². The summed E-state index contributed by atoms with van der Waals surface area (Å²) in [6.45, 7) is 4.31. The van der Waals surface area contributed by atoms with E-state index in [-0.39, 0.29) is 0 Å². The number of para-hydroxylation sites is 2. The van der Waals surface area contributed by atoms with Gasteiger partial charge in [0.15, 0.2) is 0 Å². The van der Waals surface area contributed by atoms with Crippen molar-refractivity contribution < 1.29 is 0 Å². The summed E-state index contributed by atoms with van der Waals surface area (Å²) >= 11 is 0. The molecule has 2 aromatic rings. The summed E-state index contributed by atoms with van der Waals surface area (Å²) in [7, 11) is 0. The average molecular weight is 583 g/mol. The summed E-state index contributed by atoms with van der Waals surface area (Å²) in [5.41, 5.74) is 4.19. The van der Waals surface area contributed by atoms with Gasteiger partial charge in [-0.05, 0) is 49.9 Å². The topological polar surface area (TPSA) is 24.7 Å². The van der Waals surface area contributed by atoms with E-state index in [9.17, 15) is 0 Å². The Kier molecular flexibility index (Phi) is 22.9. The van der Waals surface area contributed by atoms with Crippen molar-refractivity contribution in [1.82, 2.24) is 0 Å². The number of unbranched alkanes of at least 4 members (excludes halogenated alkanes) is 20. The van der Waals surface area contributed by atoms with E-state index < -0.39 is 0 Å². The molecule has 0 spiro atoms. The van der Waals surface area contributed by atoms with Gasteiger partial charge in [0.05, 0.1) is 17.1 Å². The molecule has 236 valence electrons. The molecule has 2 aromatic carbocycles. The van der Waals surface area contributed by atoms with Gasteiger partial charge in [0, 0.05) is 19.1 Å². The van der Waals surface area contributed by atoms with Gasteiger partial charge in [0.1, 0.15) is 0 Å². The van der Waals surface area contributed by atoms with Gasteiger partial charge in [-0.1, -0.05) is 159 Å².